The lowest BCUT2D eigenvalue weighted by Crippen LogP contribution is -2.61. The fourth-order valence-corrected chi connectivity index (χ4v) is 9.34. The molecule has 7 N–H and O–H groups in total. The number of nitrogens with one attached hydrogen (secondary N) is 4. The van der Waals surface area contributed by atoms with E-state index in [2.05, 4.69) is 31.6 Å². The second kappa shape index (κ2) is 21.7. The van der Waals surface area contributed by atoms with Crippen LogP contribution in [0, 0.1) is 40.8 Å². The van der Waals surface area contributed by atoms with Gasteiger partial charge in [0.1, 0.15) is 23.0 Å². The Morgan fingerprint density at radius 3 is 2.43 bits per heavy atom. The number of primary amides is 1. The number of aromatic nitrogens is 2. The maximum atomic E-state index is 14.8. The number of β-amino-alcohol motifs (C(OH)–C–C–N with tert-alkyl or cyclic N) is 1. The summed E-state index contributed by atoms with van der Waals surface area (Å²) in [4.78, 5) is 67.1. The van der Waals surface area contributed by atoms with Gasteiger partial charge in [0.05, 0.1) is 51.4 Å². The fraction of sp³-hybridized carbons (Fsp3) is 0.378. The van der Waals surface area contributed by atoms with Gasteiger partial charge in [-0.05, 0) is 96.8 Å². The Morgan fingerprint density at radius 2 is 1.78 bits per heavy atom. The van der Waals surface area contributed by atoms with Crippen molar-refractivity contribution < 1.29 is 46.8 Å². The third kappa shape index (κ3) is 11.3. The number of aliphatic hydroxyl groups is 1. The quantitative estimate of drug-likeness (QED) is 0.0286. The molecule has 0 saturated carbocycles. The van der Waals surface area contributed by atoms with Crippen molar-refractivity contribution in [3.05, 3.63) is 115 Å². The number of anilines is 2. The van der Waals surface area contributed by atoms with Crippen LogP contribution in [0.1, 0.15) is 78.0 Å². The number of halogens is 4. The van der Waals surface area contributed by atoms with E-state index >= 15 is 0 Å². The van der Waals surface area contributed by atoms with Gasteiger partial charge in [0.25, 0.3) is 5.91 Å². The van der Waals surface area contributed by atoms with Crippen molar-refractivity contribution in [2.24, 2.45) is 11.7 Å². The number of aryl methyl sites for hydroxylation is 2. The van der Waals surface area contributed by atoms with Gasteiger partial charge in [0.2, 0.25) is 17.7 Å². The fourth-order valence-electron chi connectivity index (χ4n) is 8.07. The minimum atomic E-state index is -1.80. The molecule has 2 aromatic heterocycles. The number of aliphatic hydroxyl groups excluding tert-OH is 1. The van der Waals surface area contributed by atoms with E-state index in [9.17, 15) is 37.5 Å². The van der Waals surface area contributed by atoms with Crippen LogP contribution in [0.15, 0.2) is 70.7 Å². The van der Waals surface area contributed by atoms with Crippen LogP contribution in [0.5, 0.6) is 0 Å². The highest BCUT2D eigenvalue weighted by atomic mass is 127. The molecule has 6 rings (SSSR count). The summed E-state index contributed by atoms with van der Waals surface area (Å²) in [6.45, 7) is 8.04. The number of hydrogen-bond acceptors (Lipinski definition) is 12. The van der Waals surface area contributed by atoms with E-state index in [-0.39, 0.29) is 49.7 Å². The molecular formula is C45H50F3IN8O7S. The molecule has 15 nitrogen and oxygen atoms in total. The van der Waals surface area contributed by atoms with E-state index in [1.165, 1.54) is 28.4 Å². The molecule has 0 bridgehead atoms. The third-order valence-electron chi connectivity index (χ3n) is 11.2. The third-order valence-corrected chi connectivity index (χ3v) is 12.9. The molecule has 1 aliphatic rings. The lowest BCUT2D eigenvalue weighted by Gasteiger charge is -2.43. The minimum absolute atomic E-state index is 0.0241. The van der Waals surface area contributed by atoms with Crippen LogP contribution < -0.4 is 27.2 Å². The van der Waals surface area contributed by atoms with Gasteiger partial charge in [-0.25, -0.2) is 23.6 Å². The Morgan fingerprint density at radius 1 is 1.03 bits per heavy atom. The molecule has 0 aliphatic carbocycles. The molecule has 1 saturated heterocycles. The summed E-state index contributed by atoms with van der Waals surface area (Å²) in [5.74, 6) is -7.79. The Labute approximate surface area is 391 Å². The Kier molecular flexibility index (Phi) is 16.4. The second-order valence-electron chi connectivity index (χ2n) is 16.1. The Hall–Kier alpha value is -5.42. The molecule has 3 heterocycles. The number of carbonyl (C=O) groups excluding carboxylic acids is 4. The lowest BCUT2D eigenvalue weighted by molar-refractivity contribution is -0.148. The Balaban J connectivity index is 1.07. The average molecular weight is 1030 g/mol. The van der Waals surface area contributed by atoms with Gasteiger partial charge in [0, 0.05) is 48.0 Å². The predicted octanol–water partition coefficient (Wildman–Crippen LogP) is 6.37. The molecule has 4 atom stereocenters. The number of likely N-dealkylation sites (tertiary alicyclic amines) is 1. The summed E-state index contributed by atoms with van der Waals surface area (Å²) in [5.41, 5.74) is 10.2. The van der Waals surface area contributed by atoms with Crippen LogP contribution >= 0.6 is 33.9 Å². The van der Waals surface area contributed by atoms with Gasteiger partial charge in [-0.1, -0.05) is 43.3 Å². The van der Waals surface area contributed by atoms with E-state index in [1.807, 2.05) is 55.5 Å². The summed E-state index contributed by atoms with van der Waals surface area (Å²) >= 11 is 3.38. The molecule has 0 spiro atoms. The van der Waals surface area contributed by atoms with Crippen molar-refractivity contribution in [3.63, 3.8) is 0 Å². The van der Waals surface area contributed by atoms with Crippen LogP contribution in [0.3, 0.4) is 0 Å². The lowest BCUT2D eigenvalue weighted by atomic mass is 9.73. The largest absolute Gasteiger partial charge is 0.391 e. The molecule has 0 radical (unpaired) electrons. The first-order chi connectivity index (χ1) is 31.0. The van der Waals surface area contributed by atoms with Gasteiger partial charge in [-0.3, -0.25) is 24.0 Å². The van der Waals surface area contributed by atoms with Crippen molar-refractivity contribution in [1.29, 1.82) is 0 Å². The van der Waals surface area contributed by atoms with Gasteiger partial charge in [0.15, 0.2) is 11.6 Å². The topological polar surface area (TPSA) is 214 Å². The molecule has 346 valence electrons. The summed E-state index contributed by atoms with van der Waals surface area (Å²) in [5, 5.41) is 23.7. The number of nitrogens with two attached hydrogens (primary N) is 1. The highest BCUT2D eigenvalue weighted by Gasteiger charge is 2.58. The van der Waals surface area contributed by atoms with Gasteiger partial charge in [-0.2, -0.15) is 0 Å². The molecule has 5 aromatic rings. The molecule has 20 heteroatoms. The van der Waals surface area contributed by atoms with Crippen molar-refractivity contribution in [2.75, 3.05) is 38.1 Å². The summed E-state index contributed by atoms with van der Waals surface area (Å²) in [6, 6.07) is 14.9. The van der Waals surface area contributed by atoms with Crippen LogP contribution in [-0.2, 0) is 19.2 Å². The van der Waals surface area contributed by atoms with E-state index in [1.54, 1.807) is 36.7 Å². The van der Waals surface area contributed by atoms with Crippen LogP contribution in [-0.4, -0.2) is 88.2 Å². The first kappa shape index (κ1) is 49.0. The van der Waals surface area contributed by atoms with Crippen molar-refractivity contribution >= 4 is 68.9 Å². The van der Waals surface area contributed by atoms with E-state index in [4.69, 9.17) is 15.1 Å². The highest BCUT2D eigenvalue weighted by Crippen LogP contribution is 2.46. The number of hydrogen-bond donors (Lipinski definition) is 6. The molecule has 4 amide bonds. The molecule has 1 aliphatic heterocycles. The zero-order chi connectivity index (χ0) is 47.0. The summed E-state index contributed by atoms with van der Waals surface area (Å²) in [7, 11) is 0. The molecule has 3 aromatic carbocycles. The molecule has 2 unspecified atom stereocenters. The zero-order valence-corrected chi connectivity index (χ0v) is 39.0. The van der Waals surface area contributed by atoms with Gasteiger partial charge in [-0.15, -0.1) is 11.3 Å². The Bertz CT molecular complexity index is 2510. The van der Waals surface area contributed by atoms with Gasteiger partial charge >= 0.3 is 0 Å². The maximum absolute atomic E-state index is 14.8. The molecular weight excluding hydrogens is 981 g/mol. The normalized spacial score (nSPS) is 17.0. The molecule has 1 fully saturated rings. The number of amides is 4. The SMILES string of the molecule is Cc1cc([C@H](C(=O)N2CC(O)CC2(C(N)=O)[C@@H](CC(=O)NCCNCCCONC(=O)c2ccc(F)c(F)c2Nc2ccc(I)cc2F)c2ccc(-c3scnc3C)cc2)C(C)C)on1. The van der Waals surface area contributed by atoms with E-state index < -0.39 is 70.2 Å². The summed E-state index contributed by atoms with van der Waals surface area (Å²) < 4.78 is 49.5. The van der Waals surface area contributed by atoms with Gasteiger partial charge < -0.3 is 36.2 Å². The van der Waals surface area contributed by atoms with Crippen LogP contribution in [0.25, 0.3) is 10.4 Å². The predicted molar refractivity (Wildman–Crippen MR) is 245 cm³/mol. The van der Waals surface area contributed by atoms with Crippen LogP contribution in [0.2, 0.25) is 0 Å². The monoisotopic (exact) mass is 1030 g/mol. The number of benzene rings is 3. The average Bonchev–Trinajstić information content (AvgIpc) is 3.99. The number of thiazole rings is 1. The molecule has 65 heavy (non-hydrogen) atoms. The van der Waals surface area contributed by atoms with Crippen molar-refractivity contribution in [2.45, 2.75) is 70.4 Å². The smallest absolute Gasteiger partial charge is 0.277 e. The minimum Gasteiger partial charge on any atom is -0.391 e. The second-order valence-corrected chi connectivity index (χ2v) is 18.2. The van der Waals surface area contributed by atoms with E-state index in [0.29, 0.717) is 40.1 Å². The first-order valence-electron chi connectivity index (χ1n) is 20.8. The first-order valence-corrected chi connectivity index (χ1v) is 22.8. The standard InChI is InChI=1S/C45H50F3IN8O7S/c1-24(2)38(36-18-25(3)55-64-36)43(61)57-22-30(58)21-45(57,44(50)62)32(27-6-8-28(9-7-27)41-26(4)53-23-65-41)20-37(59)52-16-15-51-14-5-17-63-56-42(60)31-11-12-33(46)39(48)40(31)54-35-13-10-29(49)19-34(35)47/h6-13,18-19,23-24,30,32,38,51,54,58H,5,14-17,20-22H2,1-4H3,(H2,50,62)(H,52,59)(H,56,60)/t30?,32-,38+,45?/m0/s1. The number of hydroxylamine groups is 1. The van der Waals surface area contributed by atoms with Crippen molar-refractivity contribution in [3.8, 4) is 10.4 Å². The number of rotatable bonds is 20. The zero-order valence-electron chi connectivity index (χ0n) is 36.1. The van der Waals surface area contributed by atoms with Crippen molar-refractivity contribution in [1.82, 2.24) is 31.2 Å². The highest BCUT2D eigenvalue weighted by molar-refractivity contribution is 14.1. The number of nitrogens with zero attached hydrogens (tertiary/aromatic N) is 3. The summed E-state index contributed by atoms with van der Waals surface area (Å²) in [6.07, 6.45) is -1.17. The maximum Gasteiger partial charge on any atom is 0.277 e. The van der Waals surface area contributed by atoms with E-state index in [0.717, 1.165) is 28.3 Å². The van der Waals surface area contributed by atoms with Crippen LogP contribution in [0.4, 0.5) is 24.5 Å². The number of carbonyl (C=O) groups is 4.